The van der Waals surface area contributed by atoms with Gasteiger partial charge in [0.1, 0.15) is 28.9 Å². The number of hydrogen-bond donors (Lipinski definition) is 1. The molecule has 1 aliphatic rings. The Bertz CT molecular complexity index is 1510. The molecule has 39 heavy (non-hydrogen) atoms. The molecular formula is C30H31FN4O4. The van der Waals surface area contributed by atoms with Crippen LogP contribution in [0.5, 0.6) is 0 Å². The first-order chi connectivity index (χ1) is 18.8. The summed E-state index contributed by atoms with van der Waals surface area (Å²) < 4.78 is 32.5. The number of fused-ring (bicyclic) bond motifs is 1. The Hall–Kier alpha value is -4.42. The van der Waals surface area contributed by atoms with Crippen LogP contribution in [-0.2, 0) is 14.3 Å². The lowest BCUT2D eigenvalue weighted by atomic mass is 10.0. The van der Waals surface area contributed by atoms with Crippen molar-refractivity contribution >= 4 is 28.3 Å². The highest BCUT2D eigenvalue weighted by atomic mass is 19.1. The van der Waals surface area contributed by atoms with Gasteiger partial charge >= 0.3 is 0 Å². The van der Waals surface area contributed by atoms with E-state index in [0.29, 0.717) is 58.1 Å². The highest BCUT2D eigenvalue weighted by Gasteiger charge is 2.21. The van der Waals surface area contributed by atoms with Crippen molar-refractivity contribution in [1.29, 1.82) is 5.26 Å². The molecule has 0 saturated carbocycles. The number of aromatic nitrogens is 1. The molecule has 0 aliphatic carbocycles. The van der Waals surface area contributed by atoms with E-state index >= 15 is 4.39 Å². The van der Waals surface area contributed by atoms with Crippen molar-refractivity contribution in [3.8, 4) is 17.2 Å². The summed E-state index contributed by atoms with van der Waals surface area (Å²) in [4.78, 5) is 18.3. The monoisotopic (exact) mass is 530 g/mol. The van der Waals surface area contributed by atoms with Gasteiger partial charge in [-0.15, -0.1) is 0 Å². The van der Waals surface area contributed by atoms with Crippen LogP contribution in [0.1, 0.15) is 31.1 Å². The Kier molecular flexibility index (Phi) is 8.47. The van der Waals surface area contributed by atoms with Crippen molar-refractivity contribution < 1.29 is 23.1 Å². The minimum absolute atomic E-state index is 0.0416. The maximum absolute atomic E-state index is 15.3. The van der Waals surface area contributed by atoms with Gasteiger partial charge in [-0.3, -0.25) is 9.78 Å². The second-order valence-electron chi connectivity index (χ2n) is 9.40. The van der Waals surface area contributed by atoms with Gasteiger partial charge in [0.25, 0.3) is 5.91 Å². The molecule has 3 aromatic rings. The van der Waals surface area contributed by atoms with E-state index in [2.05, 4.69) is 22.9 Å². The Morgan fingerprint density at radius 1 is 1.31 bits per heavy atom. The molecule has 1 amide bonds. The zero-order valence-corrected chi connectivity index (χ0v) is 22.5. The van der Waals surface area contributed by atoms with Gasteiger partial charge in [-0.2, -0.15) is 5.26 Å². The zero-order valence-electron chi connectivity index (χ0n) is 22.5. The number of carbonyl (C=O) groups excluding carboxylic acids is 1. The van der Waals surface area contributed by atoms with Crippen molar-refractivity contribution in [3.05, 3.63) is 77.7 Å². The van der Waals surface area contributed by atoms with Gasteiger partial charge in [0, 0.05) is 62.3 Å². The highest BCUT2D eigenvalue weighted by Crippen LogP contribution is 2.36. The molecule has 2 aromatic heterocycles. The largest absolute Gasteiger partial charge is 0.496 e. The third-order valence-corrected chi connectivity index (χ3v) is 6.62. The van der Waals surface area contributed by atoms with Crippen LogP contribution in [0.15, 0.2) is 64.9 Å². The number of hydrogen-bond acceptors (Lipinski definition) is 7. The Labute approximate surface area is 227 Å². The second-order valence-corrected chi connectivity index (χ2v) is 9.40. The van der Waals surface area contributed by atoms with Crippen molar-refractivity contribution in [3.63, 3.8) is 0 Å². The van der Waals surface area contributed by atoms with E-state index in [-0.39, 0.29) is 23.2 Å². The molecule has 0 spiro atoms. The highest BCUT2D eigenvalue weighted by molar-refractivity contribution is 5.97. The molecule has 3 heterocycles. The summed E-state index contributed by atoms with van der Waals surface area (Å²) in [5.41, 5.74) is 3.47. The van der Waals surface area contributed by atoms with Gasteiger partial charge in [0.05, 0.1) is 18.4 Å². The number of ether oxygens (including phenoxy) is 2. The van der Waals surface area contributed by atoms with E-state index in [1.165, 1.54) is 24.2 Å². The number of likely N-dealkylation sites (N-methyl/N-ethyl adjacent to an activating group) is 1. The average molecular weight is 531 g/mol. The summed E-state index contributed by atoms with van der Waals surface area (Å²) >= 11 is 0. The topological polar surface area (TPSA) is 101 Å². The quantitative estimate of drug-likeness (QED) is 0.227. The molecule has 0 unspecified atom stereocenters. The van der Waals surface area contributed by atoms with Crippen LogP contribution >= 0.6 is 0 Å². The maximum atomic E-state index is 15.3. The maximum Gasteiger partial charge on any atom is 0.253 e. The van der Waals surface area contributed by atoms with Gasteiger partial charge in [-0.05, 0) is 49.6 Å². The number of pyridine rings is 1. The normalized spacial score (nSPS) is 14.9. The number of anilines is 1. The first-order valence-corrected chi connectivity index (χ1v) is 12.5. The molecule has 1 saturated heterocycles. The van der Waals surface area contributed by atoms with Gasteiger partial charge in [0.2, 0.25) is 0 Å². The van der Waals surface area contributed by atoms with Crippen molar-refractivity contribution in [2.24, 2.45) is 0 Å². The van der Waals surface area contributed by atoms with E-state index in [0.717, 1.165) is 12.8 Å². The Balaban J connectivity index is 1.76. The predicted octanol–water partition coefficient (Wildman–Crippen LogP) is 5.67. The molecule has 0 radical (unpaired) electrons. The van der Waals surface area contributed by atoms with Crippen LogP contribution in [0.3, 0.4) is 0 Å². The Morgan fingerprint density at radius 2 is 2.05 bits per heavy atom. The number of rotatable bonds is 8. The molecule has 0 bridgehead atoms. The fraction of sp³-hybridized carbons (Fsp3) is 0.300. The molecule has 4 rings (SSSR count). The SMILES string of the molecule is C=C/C(=C\C(OC)=C(/C)c1cc2nccc(-c3cc(F)c(NC4CCOCC4)c(C#N)c3)c2o1)C(=O)N(C)C. The number of halogens is 1. The smallest absolute Gasteiger partial charge is 0.253 e. The minimum Gasteiger partial charge on any atom is -0.496 e. The lowest BCUT2D eigenvalue weighted by Crippen LogP contribution is -2.28. The number of allylic oxidation sites excluding steroid dienone is 2. The lowest BCUT2D eigenvalue weighted by Gasteiger charge is -2.25. The fourth-order valence-corrected chi connectivity index (χ4v) is 4.44. The number of carbonyl (C=O) groups is 1. The summed E-state index contributed by atoms with van der Waals surface area (Å²) in [6.45, 7) is 6.74. The molecule has 202 valence electrons. The van der Waals surface area contributed by atoms with E-state index in [1.807, 2.05) is 0 Å². The molecule has 1 fully saturated rings. The molecule has 1 aromatic carbocycles. The zero-order chi connectivity index (χ0) is 28.1. The summed E-state index contributed by atoms with van der Waals surface area (Å²) in [6.07, 6.45) is 6.17. The molecular weight excluding hydrogens is 499 g/mol. The van der Waals surface area contributed by atoms with Crippen LogP contribution < -0.4 is 5.32 Å². The summed E-state index contributed by atoms with van der Waals surface area (Å²) in [6, 6.07) is 8.69. The lowest BCUT2D eigenvalue weighted by molar-refractivity contribution is -0.124. The van der Waals surface area contributed by atoms with E-state index in [4.69, 9.17) is 13.9 Å². The first-order valence-electron chi connectivity index (χ1n) is 12.5. The molecule has 1 N–H and O–H groups in total. The fourth-order valence-electron chi connectivity index (χ4n) is 4.44. The summed E-state index contributed by atoms with van der Waals surface area (Å²) in [7, 11) is 4.82. The van der Waals surface area contributed by atoms with Crippen molar-refractivity contribution in [2.45, 2.75) is 25.8 Å². The van der Waals surface area contributed by atoms with Crippen LogP contribution in [0.2, 0.25) is 0 Å². The number of nitriles is 1. The number of nitrogens with zero attached hydrogens (tertiary/aromatic N) is 3. The van der Waals surface area contributed by atoms with Gasteiger partial charge in [0.15, 0.2) is 5.58 Å². The number of methoxy groups -OCH3 is 1. The van der Waals surface area contributed by atoms with Crippen molar-refractivity contribution in [2.75, 3.05) is 39.7 Å². The minimum atomic E-state index is -0.516. The van der Waals surface area contributed by atoms with Gasteiger partial charge in [-0.1, -0.05) is 12.7 Å². The third-order valence-electron chi connectivity index (χ3n) is 6.62. The van der Waals surface area contributed by atoms with Crippen LogP contribution in [0.4, 0.5) is 10.1 Å². The number of amides is 1. The molecule has 9 heteroatoms. The Morgan fingerprint density at radius 3 is 2.69 bits per heavy atom. The molecule has 8 nitrogen and oxygen atoms in total. The standard InChI is InChI=1S/C30H31FN4O4/c1-6-19(30(36)35(3)4)15-26(37-5)18(2)27-16-25-29(39-27)23(7-10-33-25)20-13-21(17-32)28(24(31)14-20)34-22-8-11-38-12-9-22/h6-7,10,13-16,22,34H,1,8-9,11-12H2,2-5H3/b19-15+,26-18-. The third kappa shape index (κ3) is 5.86. The van der Waals surface area contributed by atoms with Crippen LogP contribution in [-0.4, -0.2) is 56.3 Å². The van der Waals surface area contributed by atoms with E-state index in [1.54, 1.807) is 51.5 Å². The molecule has 0 atom stereocenters. The summed E-state index contributed by atoms with van der Waals surface area (Å²) in [5, 5.41) is 13.0. The molecule has 1 aliphatic heterocycles. The number of benzene rings is 1. The van der Waals surface area contributed by atoms with Crippen LogP contribution in [0, 0.1) is 17.1 Å². The number of nitrogens with one attached hydrogen (secondary N) is 1. The number of furan rings is 1. The summed E-state index contributed by atoms with van der Waals surface area (Å²) in [5.74, 6) is 0.156. The van der Waals surface area contributed by atoms with E-state index in [9.17, 15) is 10.1 Å². The first kappa shape index (κ1) is 27.6. The van der Waals surface area contributed by atoms with Gasteiger partial charge in [-0.25, -0.2) is 4.39 Å². The van der Waals surface area contributed by atoms with Crippen molar-refractivity contribution in [1.82, 2.24) is 9.88 Å². The second kappa shape index (κ2) is 12.0. The predicted molar refractivity (Wildman–Crippen MR) is 148 cm³/mol. The van der Waals surface area contributed by atoms with E-state index < -0.39 is 5.82 Å². The van der Waals surface area contributed by atoms with Crippen LogP contribution in [0.25, 0.3) is 27.8 Å². The average Bonchev–Trinajstić information content (AvgIpc) is 3.39. The van der Waals surface area contributed by atoms with Gasteiger partial charge < -0.3 is 24.1 Å².